The highest BCUT2D eigenvalue weighted by atomic mass is 19.1. The molecule has 0 saturated carbocycles. The molecule has 0 amide bonds. The van der Waals surface area contributed by atoms with Gasteiger partial charge in [-0.3, -0.25) is 0 Å². The summed E-state index contributed by atoms with van der Waals surface area (Å²) in [7, 11) is 1.59. The molecule has 0 bridgehead atoms. The lowest BCUT2D eigenvalue weighted by atomic mass is 9.90. The van der Waals surface area contributed by atoms with Crippen LogP contribution < -0.4 is 4.74 Å². The third kappa shape index (κ3) is 6.95. The summed E-state index contributed by atoms with van der Waals surface area (Å²) >= 11 is 0. The van der Waals surface area contributed by atoms with E-state index in [0.29, 0.717) is 31.6 Å². The van der Waals surface area contributed by atoms with Crippen LogP contribution in [0.15, 0.2) is 77.9 Å². The monoisotopic (exact) mass is 476 g/mol. The van der Waals surface area contributed by atoms with Gasteiger partial charge in [-0.25, -0.2) is 9.07 Å². The number of halogens is 1. The van der Waals surface area contributed by atoms with Gasteiger partial charge in [0, 0.05) is 59.5 Å². The van der Waals surface area contributed by atoms with Crippen LogP contribution in [0.2, 0.25) is 0 Å². The molecule has 2 rings (SSSR count). The average Bonchev–Trinajstić information content (AvgIpc) is 3.35. The summed E-state index contributed by atoms with van der Waals surface area (Å²) in [4.78, 5) is 2.16. The normalized spacial score (nSPS) is 13.3. The van der Waals surface area contributed by atoms with Crippen molar-refractivity contribution >= 4 is 5.70 Å². The molecule has 0 spiro atoms. The summed E-state index contributed by atoms with van der Waals surface area (Å²) in [5, 5.41) is 13.5. The van der Waals surface area contributed by atoms with Crippen LogP contribution in [0.3, 0.4) is 0 Å². The summed E-state index contributed by atoms with van der Waals surface area (Å²) in [5.41, 5.74) is 6.70. The first-order valence-corrected chi connectivity index (χ1v) is 11.8. The van der Waals surface area contributed by atoms with E-state index in [2.05, 4.69) is 43.1 Å². The number of hydrogen-bond acceptors (Lipinski definition) is 4. The van der Waals surface area contributed by atoms with Gasteiger partial charge in [0.2, 0.25) is 0 Å². The smallest absolute Gasteiger partial charge is 0.123 e. The van der Waals surface area contributed by atoms with E-state index in [4.69, 9.17) is 10.00 Å². The molecule has 0 fully saturated rings. The van der Waals surface area contributed by atoms with Gasteiger partial charge in [-0.2, -0.15) is 10.4 Å². The molecule has 6 heteroatoms. The number of hydrogen-bond donors (Lipinski definition) is 0. The van der Waals surface area contributed by atoms with Gasteiger partial charge in [0.1, 0.15) is 11.6 Å². The van der Waals surface area contributed by atoms with Crippen molar-refractivity contribution in [2.24, 2.45) is 0 Å². The maximum Gasteiger partial charge on any atom is 0.123 e. The van der Waals surface area contributed by atoms with Crippen molar-refractivity contribution in [2.75, 3.05) is 13.7 Å². The van der Waals surface area contributed by atoms with E-state index >= 15 is 0 Å². The molecule has 0 saturated heterocycles. The standard InChI is InChI=1S/C29H37FN4O/c1-20(2)29(22(5)23(6)34-17-11-16-32-34)24(7)33(21(3)4)19-25(12-9-10-15-31)27-18-26(30)13-14-28(27)35-8/h11,13-14,16-18,25H,1,3,9-10,12,19H2,2,4-8H3/b23-22+,29-24+/t25-/m0/s1. The predicted molar refractivity (Wildman–Crippen MR) is 141 cm³/mol. The Morgan fingerprint density at radius 1 is 1.23 bits per heavy atom. The molecule has 0 N–H and O–H groups in total. The van der Waals surface area contributed by atoms with E-state index in [1.807, 2.05) is 37.7 Å². The largest absolute Gasteiger partial charge is 0.496 e. The van der Waals surface area contributed by atoms with Gasteiger partial charge in [0.05, 0.1) is 13.2 Å². The Hall–Kier alpha value is -3.59. The van der Waals surface area contributed by atoms with Crippen molar-refractivity contribution in [3.8, 4) is 11.8 Å². The van der Waals surface area contributed by atoms with Crippen LogP contribution in [0.5, 0.6) is 5.75 Å². The van der Waals surface area contributed by atoms with Crippen LogP contribution in [-0.2, 0) is 0 Å². The van der Waals surface area contributed by atoms with Crippen molar-refractivity contribution in [3.05, 3.63) is 89.3 Å². The zero-order chi connectivity index (χ0) is 26.1. The molecule has 35 heavy (non-hydrogen) atoms. The maximum absolute atomic E-state index is 14.3. The minimum absolute atomic E-state index is 0.0662. The summed E-state index contributed by atoms with van der Waals surface area (Å²) in [6, 6.07) is 8.72. The van der Waals surface area contributed by atoms with Gasteiger partial charge in [-0.15, -0.1) is 0 Å². The van der Waals surface area contributed by atoms with Crippen LogP contribution in [0.4, 0.5) is 4.39 Å². The molecule has 0 unspecified atom stereocenters. The summed E-state index contributed by atoms with van der Waals surface area (Å²) in [6.45, 7) is 19.2. The molecule has 0 aliphatic carbocycles. The van der Waals surface area contributed by atoms with E-state index < -0.39 is 0 Å². The Labute approximate surface area is 209 Å². The minimum Gasteiger partial charge on any atom is -0.496 e. The lowest BCUT2D eigenvalue weighted by Gasteiger charge is -2.33. The van der Waals surface area contributed by atoms with Gasteiger partial charge in [0.25, 0.3) is 0 Å². The van der Waals surface area contributed by atoms with Crippen molar-refractivity contribution < 1.29 is 9.13 Å². The van der Waals surface area contributed by atoms with Gasteiger partial charge in [0.15, 0.2) is 0 Å². The zero-order valence-electron chi connectivity index (χ0n) is 21.9. The second kappa shape index (κ2) is 12.8. The molecule has 0 aliphatic rings. The molecule has 1 heterocycles. The third-order valence-electron chi connectivity index (χ3n) is 6.30. The van der Waals surface area contributed by atoms with E-state index in [1.165, 1.54) is 12.1 Å². The van der Waals surface area contributed by atoms with Gasteiger partial charge in [-0.1, -0.05) is 13.2 Å². The number of ether oxygens (including phenoxy) is 1. The van der Waals surface area contributed by atoms with E-state index in [0.717, 1.165) is 39.4 Å². The zero-order valence-corrected chi connectivity index (χ0v) is 21.9. The highest BCUT2D eigenvalue weighted by Crippen LogP contribution is 2.35. The summed E-state index contributed by atoms with van der Waals surface area (Å²) in [6.07, 6.45) is 5.54. The Kier molecular flexibility index (Phi) is 10.1. The number of nitrogens with zero attached hydrogens (tertiary/aromatic N) is 4. The van der Waals surface area contributed by atoms with Crippen molar-refractivity contribution in [3.63, 3.8) is 0 Å². The van der Waals surface area contributed by atoms with E-state index in [9.17, 15) is 4.39 Å². The lowest BCUT2D eigenvalue weighted by Crippen LogP contribution is -2.27. The average molecular weight is 477 g/mol. The third-order valence-corrected chi connectivity index (χ3v) is 6.30. The van der Waals surface area contributed by atoms with Crippen molar-refractivity contribution in [2.45, 2.75) is 59.8 Å². The number of nitriles is 1. The Morgan fingerprint density at radius 2 is 1.94 bits per heavy atom. The van der Waals surface area contributed by atoms with E-state index in [1.54, 1.807) is 19.4 Å². The number of methoxy groups -OCH3 is 1. The fourth-order valence-corrected chi connectivity index (χ4v) is 4.45. The number of unbranched alkanes of at least 4 members (excludes halogenated alkanes) is 1. The molecule has 186 valence electrons. The number of aromatic nitrogens is 2. The molecule has 1 atom stereocenters. The second-order valence-corrected chi connectivity index (χ2v) is 8.88. The topological polar surface area (TPSA) is 54.1 Å². The number of rotatable bonds is 12. The molecular formula is C29H37FN4O. The van der Waals surface area contributed by atoms with Crippen LogP contribution >= 0.6 is 0 Å². The van der Waals surface area contributed by atoms with Crippen LogP contribution in [0.1, 0.15) is 65.4 Å². The first-order chi connectivity index (χ1) is 16.6. The predicted octanol–water partition coefficient (Wildman–Crippen LogP) is 7.45. The second-order valence-electron chi connectivity index (χ2n) is 8.88. The molecule has 1 aromatic heterocycles. The maximum atomic E-state index is 14.3. The fraction of sp³-hybridized carbons (Fsp3) is 0.379. The molecular weight excluding hydrogens is 439 g/mol. The minimum atomic E-state index is -0.309. The Balaban J connectivity index is 2.60. The fourth-order valence-electron chi connectivity index (χ4n) is 4.45. The summed E-state index contributed by atoms with van der Waals surface area (Å²) < 4.78 is 21.7. The molecule has 2 aromatic rings. The summed E-state index contributed by atoms with van der Waals surface area (Å²) in [5.74, 6) is 0.266. The lowest BCUT2D eigenvalue weighted by molar-refractivity contribution is 0.358. The first kappa shape index (κ1) is 27.7. The highest BCUT2D eigenvalue weighted by Gasteiger charge is 2.23. The van der Waals surface area contributed by atoms with Crippen LogP contribution in [0, 0.1) is 17.1 Å². The van der Waals surface area contributed by atoms with Gasteiger partial charge in [-0.05, 0) is 82.9 Å². The number of benzene rings is 1. The van der Waals surface area contributed by atoms with Crippen LogP contribution in [-0.4, -0.2) is 28.3 Å². The Morgan fingerprint density at radius 3 is 2.49 bits per heavy atom. The highest BCUT2D eigenvalue weighted by molar-refractivity contribution is 5.60. The number of allylic oxidation sites excluding steroid dienone is 6. The van der Waals surface area contributed by atoms with Crippen molar-refractivity contribution in [1.29, 1.82) is 5.26 Å². The Bertz CT molecular complexity index is 1150. The van der Waals surface area contributed by atoms with Gasteiger partial charge >= 0.3 is 0 Å². The van der Waals surface area contributed by atoms with E-state index in [-0.39, 0.29) is 11.7 Å². The van der Waals surface area contributed by atoms with Gasteiger partial charge < -0.3 is 9.64 Å². The van der Waals surface area contributed by atoms with Crippen molar-refractivity contribution in [1.82, 2.24) is 14.7 Å². The van der Waals surface area contributed by atoms with Crippen LogP contribution in [0.25, 0.3) is 5.70 Å². The SMILES string of the molecule is C=C(C)C(/C(C)=C(\C)n1cccn1)=C(/C)N(C[C@H](CCCC#N)c1cc(F)ccc1OC)C(=C)C. The molecule has 5 nitrogen and oxygen atoms in total. The molecule has 0 radical (unpaired) electrons. The quantitative estimate of drug-likeness (QED) is 0.236. The molecule has 1 aromatic carbocycles. The first-order valence-electron chi connectivity index (χ1n) is 11.8. The molecule has 0 aliphatic heterocycles.